The molecule has 1 aromatic heterocycles. The Balaban J connectivity index is 0.00000182. The molecule has 3 aliphatic heterocycles. The first-order valence-electron chi connectivity index (χ1n) is 8.33. The first-order chi connectivity index (χ1) is 11.7. The summed E-state index contributed by atoms with van der Waals surface area (Å²) in [6.45, 7) is 3.31. The monoisotopic (exact) mass is 397 g/mol. The van der Waals surface area contributed by atoms with E-state index in [1.165, 1.54) is 37.3 Å². The molecule has 0 radical (unpaired) electrons. The Bertz CT molecular complexity index is 729. The Morgan fingerprint density at radius 2 is 1.92 bits per heavy atom. The molecule has 1 aromatic carbocycles. The van der Waals surface area contributed by atoms with Crippen molar-refractivity contribution in [2.75, 3.05) is 25.0 Å². The highest BCUT2D eigenvalue weighted by atomic mass is 35.5. The van der Waals surface area contributed by atoms with Crippen LogP contribution in [-0.2, 0) is 0 Å². The van der Waals surface area contributed by atoms with Gasteiger partial charge in [0, 0.05) is 12.6 Å². The molecule has 2 N–H and O–H groups in total. The summed E-state index contributed by atoms with van der Waals surface area (Å²) in [6, 6.07) is 11.9. The third-order valence-corrected chi connectivity index (χ3v) is 6.27. The molecule has 1 atom stereocenters. The van der Waals surface area contributed by atoms with Crippen molar-refractivity contribution in [3.63, 3.8) is 0 Å². The maximum Gasteiger partial charge on any atom is 0.319 e. The van der Waals surface area contributed by atoms with Crippen LogP contribution in [0.4, 0.5) is 10.5 Å². The number of carbonyl (C=O) groups excluding carboxylic acids is 1. The Kier molecular flexibility index (Phi) is 5.89. The highest BCUT2D eigenvalue weighted by Crippen LogP contribution is 2.39. The van der Waals surface area contributed by atoms with E-state index in [-0.39, 0.29) is 24.5 Å². The van der Waals surface area contributed by atoms with E-state index in [0.717, 1.165) is 22.7 Å². The van der Waals surface area contributed by atoms with Gasteiger partial charge in [-0.05, 0) is 43.5 Å². The van der Waals surface area contributed by atoms with E-state index < -0.39 is 0 Å². The van der Waals surface area contributed by atoms with Crippen molar-refractivity contribution in [3.05, 3.63) is 40.7 Å². The Hall–Kier alpha value is -1.27. The van der Waals surface area contributed by atoms with Gasteiger partial charge in [-0.2, -0.15) is 0 Å². The minimum atomic E-state index is -0.139. The fourth-order valence-electron chi connectivity index (χ4n) is 3.71. The zero-order valence-electron chi connectivity index (χ0n) is 13.7. The van der Waals surface area contributed by atoms with Gasteiger partial charge in [0.1, 0.15) is 0 Å². The third-order valence-electron chi connectivity index (χ3n) is 4.96. The predicted molar refractivity (Wildman–Crippen MR) is 107 cm³/mol. The fraction of sp³-hybridized carbons (Fsp3) is 0.389. The number of anilines is 1. The molecule has 2 bridgehead atoms. The quantitative estimate of drug-likeness (QED) is 0.787. The lowest BCUT2D eigenvalue weighted by molar-refractivity contribution is 0.0777. The van der Waals surface area contributed by atoms with E-state index in [1.54, 1.807) is 0 Å². The molecule has 2 aromatic rings. The Morgan fingerprint density at radius 3 is 2.56 bits per heavy atom. The second-order valence-corrected chi connectivity index (χ2v) is 8.19. The second-order valence-electron chi connectivity index (χ2n) is 6.50. The lowest BCUT2D eigenvalue weighted by Gasteiger charge is -2.44. The van der Waals surface area contributed by atoms with Gasteiger partial charge in [-0.25, -0.2) is 4.79 Å². The molecular weight excluding hydrogens is 377 g/mol. The largest absolute Gasteiger partial charge is 0.334 e. The fourth-order valence-corrected chi connectivity index (χ4v) is 4.90. The van der Waals surface area contributed by atoms with Crippen LogP contribution in [0.2, 0.25) is 4.34 Å². The van der Waals surface area contributed by atoms with Crippen molar-refractivity contribution in [1.82, 2.24) is 10.2 Å². The number of rotatable bonds is 3. The van der Waals surface area contributed by atoms with Crippen LogP contribution in [0.25, 0.3) is 10.4 Å². The van der Waals surface area contributed by atoms with Crippen LogP contribution < -0.4 is 10.6 Å². The van der Waals surface area contributed by atoms with Crippen molar-refractivity contribution in [2.45, 2.75) is 18.9 Å². The SMILES string of the molecule is Cl.O=C(Nc1cc(Cl)sc1-c1ccccc1)NC1CN2CCC1CC2. The van der Waals surface area contributed by atoms with Gasteiger partial charge < -0.3 is 15.5 Å². The van der Waals surface area contributed by atoms with Gasteiger partial charge in [0.25, 0.3) is 0 Å². The van der Waals surface area contributed by atoms with Crippen molar-refractivity contribution in [2.24, 2.45) is 5.92 Å². The van der Waals surface area contributed by atoms with Crippen molar-refractivity contribution < 1.29 is 4.79 Å². The Labute approximate surface area is 163 Å². The number of nitrogens with one attached hydrogen (secondary N) is 2. The summed E-state index contributed by atoms with van der Waals surface area (Å²) in [7, 11) is 0. The minimum Gasteiger partial charge on any atom is -0.334 e. The van der Waals surface area contributed by atoms with E-state index >= 15 is 0 Å². The number of fused-ring (bicyclic) bond motifs is 3. The number of hydrogen-bond donors (Lipinski definition) is 2. The van der Waals surface area contributed by atoms with Gasteiger partial charge >= 0.3 is 6.03 Å². The number of piperidine rings is 3. The summed E-state index contributed by atoms with van der Waals surface area (Å²) in [5, 5.41) is 6.15. The summed E-state index contributed by atoms with van der Waals surface area (Å²) in [5.41, 5.74) is 1.84. The first-order valence-corrected chi connectivity index (χ1v) is 9.53. The maximum atomic E-state index is 12.5. The number of carbonyl (C=O) groups is 1. The van der Waals surface area contributed by atoms with Crippen LogP contribution in [-0.4, -0.2) is 36.6 Å². The number of halogens is 2. The van der Waals surface area contributed by atoms with E-state index in [4.69, 9.17) is 11.6 Å². The lowest BCUT2D eigenvalue weighted by atomic mass is 9.84. The summed E-state index contributed by atoms with van der Waals surface area (Å²) in [5.74, 6) is 0.611. The summed E-state index contributed by atoms with van der Waals surface area (Å²) in [6.07, 6.45) is 2.37. The van der Waals surface area contributed by atoms with Gasteiger partial charge in [-0.15, -0.1) is 23.7 Å². The molecule has 3 fully saturated rings. The minimum absolute atomic E-state index is 0. The van der Waals surface area contributed by atoms with Crippen LogP contribution in [0.1, 0.15) is 12.8 Å². The van der Waals surface area contributed by atoms with Gasteiger partial charge in [0.05, 0.1) is 14.9 Å². The second kappa shape index (κ2) is 7.96. The molecule has 4 nitrogen and oxygen atoms in total. The van der Waals surface area contributed by atoms with E-state index in [1.807, 2.05) is 36.4 Å². The summed E-state index contributed by atoms with van der Waals surface area (Å²) >= 11 is 7.66. The van der Waals surface area contributed by atoms with Crippen LogP contribution in [0.15, 0.2) is 36.4 Å². The van der Waals surface area contributed by atoms with Gasteiger partial charge in [-0.1, -0.05) is 41.9 Å². The number of urea groups is 1. The highest BCUT2D eigenvalue weighted by molar-refractivity contribution is 7.20. The van der Waals surface area contributed by atoms with Crippen LogP contribution >= 0.6 is 35.3 Å². The highest BCUT2D eigenvalue weighted by Gasteiger charge is 2.34. The number of nitrogens with zero attached hydrogens (tertiary/aromatic N) is 1. The molecule has 0 saturated carbocycles. The number of benzene rings is 1. The molecule has 3 saturated heterocycles. The summed E-state index contributed by atoms with van der Waals surface area (Å²) in [4.78, 5) is 15.9. The van der Waals surface area contributed by atoms with Crippen LogP contribution in [0.5, 0.6) is 0 Å². The van der Waals surface area contributed by atoms with E-state index in [2.05, 4.69) is 15.5 Å². The number of hydrogen-bond acceptors (Lipinski definition) is 3. The number of thiophene rings is 1. The van der Waals surface area contributed by atoms with Crippen molar-refractivity contribution >= 4 is 47.1 Å². The lowest BCUT2D eigenvalue weighted by Crippen LogP contribution is -2.57. The smallest absolute Gasteiger partial charge is 0.319 e. The Morgan fingerprint density at radius 1 is 1.20 bits per heavy atom. The zero-order chi connectivity index (χ0) is 16.5. The van der Waals surface area contributed by atoms with Crippen LogP contribution in [0.3, 0.4) is 0 Å². The standard InChI is InChI=1S/C18H20ClN3OS.ClH/c19-16-10-14(17(24-16)13-4-2-1-3-5-13)20-18(23)21-15-11-22-8-6-12(15)7-9-22;/h1-5,10,12,15H,6-9,11H2,(H2,20,21,23);1H. The summed E-state index contributed by atoms with van der Waals surface area (Å²) < 4.78 is 0.673. The van der Waals surface area contributed by atoms with Gasteiger partial charge in [-0.3, -0.25) is 0 Å². The molecule has 7 heteroatoms. The molecule has 134 valence electrons. The average Bonchev–Trinajstić information content (AvgIpc) is 2.97. The van der Waals surface area contributed by atoms with Crippen LogP contribution in [0, 0.1) is 5.92 Å². The van der Waals surface area contributed by atoms with Crippen molar-refractivity contribution in [3.8, 4) is 10.4 Å². The molecule has 4 heterocycles. The molecule has 2 amide bonds. The molecule has 0 aliphatic carbocycles. The molecule has 0 spiro atoms. The first kappa shape index (κ1) is 18.5. The molecule has 5 rings (SSSR count). The maximum absolute atomic E-state index is 12.5. The predicted octanol–water partition coefficient (Wildman–Crippen LogP) is 4.71. The molecule has 3 aliphatic rings. The van der Waals surface area contributed by atoms with E-state index in [9.17, 15) is 4.79 Å². The molecule has 25 heavy (non-hydrogen) atoms. The third kappa shape index (κ3) is 4.11. The van der Waals surface area contributed by atoms with Gasteiger partial charge in [0.15, 0.2) is 0 Å². The van der Waals surface area contributed by atoms with E-state index in [0.29, 0.717) is 10.3 Å². The molecule has 1 unspecified atom stereocenters. The average molecular weight is 398 g/mol. The zero-order valence-corrected chi connectivity index (χ0v) is 16.1. The number of amides is 2. The molecular formula is C18H21Cl2N3OS. The van der Waals surface area contributed by atoms with Crippen molar-refractivity contribution in [1.29, 1.82) is 0 Å². The topological polar surface area (TPSA) is 44.4 Å². The van der Waals surface area contributed by atoms with Gasteiger partial charge in [0.2, 0.25) is 0 Å². The normalized spacial score (nSPS) is 24.4.